The third kappa shape index (κ3) is 3.82. The molecule has 2 unspecified atom stereocenters. The molecule has 1 N–H and O–H groups in total. The van der Waals surface area contributed by atoms with Crippen molar-refractivity contribution in [2.45, 2.75) is 51.9 Å². The van der Waals surface area contributed by atoms with E-state index in [0.717, 1.165) is 13.1 Å². The molecule has 0 aliphatic carbocycles. The Morgan fingerprint density at radius 1 is 1.04 bits per heavy atom. The minimum atomic E-state index is 0.547. The fourth-order valence-electron chi connectivity index (χ4n) is 3.44. The fourth-order valence-corrected chi connectivity index (χ4v) is 3.44. The van der Waals surface area contributed by atoms with E-state index in [-0.39, 0.29) is 0 Å². The minimum Gasteiger partial charge on any atom is -0.313 e. The Hall–Kier alpha value is -1.64. The van der Waals surface area contributed by atoms with Crippen LogP contribution in [0.1, 0.15) is 43.0 Å². The zero-order valence-electron chi connectivity index (χ0n) is 14.5. The van der Waals surface area contributed by atoms with Crippen LogP contribution in [0.4, 0.5) is 0 Å². The molecule has 2 nitrogen and oxygen atoms in total. The second kappa shape index (κ2) is 7.29. The minimum absolute atomic E-state index is 0.547. The molecule has 1 fully saturated rings. The zero-order valence-corrected chi connectivity index (χ0v) is 14.5. The number of nitrogens with one attached hydrogen (secondary N) is 1. The lowest BCUT2D eigenvalue weighted by molar-refractivity contribution is 0.00467. The van der Waals surface area contributed by atoms with Crippen molar-refractivity contribution in [3.8, 4) is 0 Å². The number of aryl methyl sites for hydroxylation is 1. The van der Waals surface area contributed by atoms with E-state index in [1.165, 1.54) is 23.1 Å². The normalized spacial score (nSPS) is 21.4. The molecule has 0 saturated carbocycles. The van der Waals surface area contributed by atoms with Gasteiger partial charge in [0.05, 0.1) is 0 Å². The molecular formula is C21H28N2. The predicted octanol–water partition coefficient (Wildman–Crippen LogP) is 4.31. The second-order valence-corrected chi connectivity index (χ2v) is 6.98. The molecule has 2 aromatic rings. The number of hydrogen-bond acceptors (Lipinski definition) is 2. The number of benzene rings is 2. The van der Waals surface area contributed by atoms with Gasteiger partial charge in [-0.2, -0.15) is 0 Å². The zero-order chi connectivity index (χ0) is 16.2. The van der Waals surface area contributed by atoms with Gasteiger partial charge in [-0.05, 0) is 30.0 Å². The summed E-state index contributed by atoms with van der Waals surface area (Å²) in [7, 11) is 0. The Bertz CT molecular complexity index is 621. The van der Waals surface area contributed by atoms with Crippen LogP contribution in [0, 0.1) is 6.92 Å². The van der Waals surface area contributed by atoms with Crippen molar-refractivity contribution >= 4 is 0 Å². The van der Waals surface area contributed by atoms with Crippen LogP contribution in [0.5, 0.6) is 0 Å². The van der Waals surface area contributed by atoms with E-state index in [1.54, 1.807) is 0 Å². The van der Waals surface area contributed by atoms with Crippen LogP contribution in [0.2, 0.25) is 0 Å². The average molecular weight is 308 g/mol. The summed E-state index contributed by atoms with van der Waals surface area (Å²) in [5.74, 6) is 0. The van der Waals surface area contributed by atoms with Crippen LogP contribution >= 0.6 is 0 Å². The summed E-state index contributed by atoms with van der Waals surface area (Å²) in [5, 5.41) is 3.61. The molecule has 1 saturated heterocycles. The van der Waals surface area contributed by atoms with Gasteiger partial charge in [0.25, 0.3) is 0 Å². The van der Waals surface area contributed by atoms with Gasteiger partial charge < -0.3 is 5.32 Å². The number of nitrogens with zero attached hydrogens (tertiary/aromatic N) is 1. The summed E-state index contributed by atoms with van der Waals surface area (Å²) in [6.45, 7) is 8.77. The summed E-state index contributed by atoms with van der Waals surface area (Å²) >= 11 is 0. The molecule has 2 heteroatoms. The highest BCUT2D eigenvalue weighted by atomic mass is 15.3. The maximum Gasteiger partial charge on any atom is 0.0370 e. The first kappa shape index (κ1) is 16.2. The molecule has 0 radical (unpaired) electrons. The Labute approximate surface area is 140 Å². The summed E-state index contributed by atoms with van der Waals surface area (Å²) < 4.78 is 0. The largest absolute Gasteiger partial charge is 0.313 e. The highest BCUT2D eigenvalue weighted by Gasteiger charge is 2.38. The van der Waals surface area contributed by atoms with Crippen molar-refractivity contribution in [1.29, 1.82) is 0 Å². The van der Waals surface area contributed by atoms with E-state index < -0.39 is 0 Å². The topological polar surface area (TPSA) is 15.3 Å². The lowest BCUT2D eigenvalue weighted by Gasteiger charge is -2.49. The SMILES string of the molecule is Cc1ccccc1CN1C(CNC(C)C)CC1c1ccccc1. The monoisotopic (exact) mass is 308 g/mol. The second-order valence-electron chi connectivity index (χ2n) is 6.98. The van der Waals surface area contributed by atoms with Crippen molar-refractivity contribution in [2.75, 3.05) is 6.54 Å². The molecule has 0 amide bonds. The number of hydrogen-bond donors (Lipinski definition) is 1. The highest BCUT2D eigenvalue weighted by Crippen LogP contribution is 2.39. The van der Waals surface area contributed by atoms with Crippen molar-refractivity contribution in [3.63, 3.8) is 0 Å². The fraction of sp³-hybridized carbons (Fsp3) is 0.429. The third-order valence-corrected chi connectivity index (χ3v) is 4.92. The van der Waals surface area contributed by atoms with E-state index >= 15 is 0 Å². The van der Waals surface area contributed by atoms with Crippen LogP contribution in [0.15, 0.2) is 54.6 Å². The van der Waals surface area contributed by atoms with Crippen molar-refractivity contribution in [3.05, 3.63) is 71.3 Å². The Morgan fingerprint density at radius 3 is 2.43 bits per heavy atom. The molecular weight excluding hydrogens is 280 g/mol. The average Bonchev–Trinajstić information content (AvgIpc) is 2.53. The van der Waals surface area contributed by atoms with Gasteiger partial charge in [-0.25, -0.2) is 0 Å². The summed E-state index contributed by atoms with van der Waals surface area (Å²) in [6.07, 6.45) is 1.25. The molecule has 1 aliphatic rings. The lowest BCUT2D eigenvalue weighted by atomic mass is 9.86. The van der Waals surface area contributed by atoms with E-state index in [1.807, 2.05) is 0 Å². The van der Waals surface area contributed by atoms with Gasteiger partial charge in [-0.1, -0.05) is 68.4 Å². The third-order valence-electron chi connectivity index (χ3n) is 4.92. The summed E-state index contributed by atoms with van der Waals surface area (Å²) in [6, 6.07) is 21.4. The molecule has 0 spiro atoms. The van der Waals surface area contributed by atoms with Crippen molar-refractivity contribution in [1.82, 2.24) is 10.2 Å². The first-order valence-electron chi connectivity index (χ1n) is 8.73. The van der Waals surface area contributed by atoms with E-state index in [0.29, 0.717) is 18.1 Å². The van der Waals surface area contributed by atoms with Gasteiger partial charge in [0.2, 0.25) is 0 Å². The molecule has 2 atom stereocenters. The Morgan fingerprint density at radius 2 is 1.74 bits per heavy atom. The molecule has 0 aromatic heterocycles. The summed E-state index contributed by atoms with van der Waals surface area (Å²) in [5.41, 5.74) is 4.28. The van der Waals surface area contributed by atoms with Crippen LogP contribution in [-0.4, -0.2) is 23.5 Å². The van der Waals surface area contributed by atoms with Crippen molar-refractivity contribution < 1.29 is 0 Å². The highest BCUT2D eigenvalue weighted by molar-refractivity contribution is 5.28. The van der Waals surface area contributed by atoms with E-state index in [4.69, 9.17) is 0 Å². The molecule has 23 heavy (non-hydrogen) atoms. The molecule has 1 aliphatic heterocycles. The molecule has 3 rings (SSSR count). The Balaban J connectivity index is 1.75. The van der Waals surface area contributed by atoms with Crippen LogP contribution < -0.4 is 5.32 Å². The predicted molar refractivity (Wildman–Crippen MR) is 97.4 cm³/mol. The lowest BCUT2D eigenvalue weighted by Crippen LogP contribution is -2.54. The smallest absolute Gasteiger partial charge is 0.0370 e. The van der Waals surface area contributed by atoms with Gasteiger partial charge in [0.1, 0.15) is 0 Å². The van der Waals surface area contributed by atoms with Crippen LogP contribution in [0.25, 0.3) is 0 Å². The standard InChI is InChI=1S/C21H28N2/c1-16(2)22-14-20-13-21(18-10-5-4-6-11-18)23(20)15-19-12-8-7-9-17(19)3/h4-12,16,20-22H,13-15H2,1-3H3. The molecule has 122 valence electrons. The first-order chi connectivity index (χ1) is 11.1. The van der Waals surface area contributed by atoms with Gasteiger partial charge in [0.15, 0.2) is 0 Å². The molecule has 2 aromatic carbocycles. The van der Waals surface area contributed by atoms with Gasteiger partial charge in [-0.3, -0.25) is 4.90 Å². The van der Waals surface area contributed by atoms with Gasteiger partial charge in [-0.15, -0.1) is 0 Å². The van der Waals surface area contributed by atoms with E-state index in [9.17, 15) is 0 Å². The first-order valence-corrected chi connectivity index (χ1v) is 8.73. The summed E-state index contributed by atoms with van der Waals surface area (Å²) in [4.78, 5) is 2.66. The van der Waals surface area contributed by atoms with Gasteiger partial charge in [0, 0.05) is 31.2 Å². The van der Waals surface area contributed by atoms with E-state index in [2.05, 4.69) is 85.6 Å². The molecule has 0 bridgehead atoms. The number of rotatable bonds is 6. The maximum absolute atomic E-state index is 3.61. The maximum atomic E-state index is 3.61. The molecule has 1 heterocycles. The quantitative estimate of drug-likeness (QED) is 0.855. The number of likely N-dealkylation sites (tertiary alicyclic amines) is 1. The Kier molecular flexibility index (Phi) is 5.14. The van der Waals surface area contributed by atoms with Crippen LogP contribution in [0.3, 0.4) is 0 Å². The van der Waals surface area contributed by atoms with Crippen LogP contribution in [-0.2, 0) is 6.54 Å². The van der Waals surface area contributed by atoms with Crippen molar-refractivity contribution in [2.24, 2.45) is 0 Å². The van der Waals surface area contributed by atoms with Gasteiger partial charge >= 0.3 is 0 Å².